The molecule has 4 nitrogen and oxygen atoms in total. The number of halogens is 1. The summed E-state index contributed by atoms with van der Waals surface area (Å²) in [5.41, 5.74) is 1.83. The van der Waals surface area contributed by atoms with Crippen LogP contribution >= 0.6 is 0 Å². The van der Waals surface area contributed by atoms with Crippen LogP contribution in [0.5, 0.6) is 5.75 Å². The van der Waals surface area contributed by atoms with Gasteiger partial charge in [-0.15, -0.1) is 0 Å². The fourth-order valence-electron chi connectivity index (χ4n) is 2.21. The van der Waals surface area contributed by atoms with Crippen LogP contribution in [0.25, 0.3) is 5.57 Å². The summed E-state index contributed by atoms with van der Waals surface area (Å²) in [6, 6.07) is 11.3. The summed E-state index contributed by atoms with van der Waals surface area (Å²) in [5.74, 6) is -1.24. The predicted octanol–water partition coefficient (Wildman–Crippen LogP) is 3.63. The monoisotopic (exact) mass is 316 g/mol. The summed E-state index contributed by atoms with van der Waals surface area (Å²) in [7, 11) is 1.48. The van der Waals surface area contributed by atoms with Crippen molar-refractivity contribution in [2.45, 2.75) is 6.92 Å². The van der Waals surface area contributed by atoms with Crippen LogP contribution in [-0.4, -0.2) is 25.0 Å². The van der Waals surface area contributed by atoms with Crippen LogP contribution < -0.4 is 4.74 Å². The van der Waals surface area contributed by atoms with E-state index in [4.69, 9.17) is 14.6 Å². The van der Waals surface area contributed by atoms with Gasteiger partial charge in [0, 0.05) is 29.9 Å². The molecule has 0 aliphatic heterocycles. The number of carboxylic acids is 1. The Bertz CT molecular complexity index is 738. The van der Waals surface area contributed by atoms with E-state index in [1.54, 1.807) is 24.3 Å². The van der Waals surface area contributed by atoms with E-state index in [1.165, 1.54) is 19.2 Å². The number of aryl methyl sites for hydroxylation is 1. The second-order valence-corrected chi connectivity index (χ2v) is 4.93. The van der Waals surface area contributed by atoms with Crippen molar-refractivity contribution in [3.8, 4) is 5.75 Å². The maximum absolute atomic E-state index is 14.2. The van der Waals surface area contributed by atoms with Crippen molar-refractivity contribution in [2.24, 2.45) is 0 Å². The molecule has 1 N–H and O–H groups in total. The smallest absolute Gasteiger partial charge is 0.328 e. The SMILES string of the molecule is COCOc1ccc(C)cc1/C(=C/C(=O)O)c1ccccc1F. The van der Waals surface area contributed by atoms with Gasteiger partial charge in [-0.3, -0.25) is 0 Å². The Morgan fingerprint density at radius 2 is 1.96 bits per heavy atom. The van der Waals surface area contributed by atoms with Crippen molar-refractivity contribution in [2.75, 3.05) is 13.9 Å². The second-order valence-electron chi connectivity index (χ2n) is 4.93. The van der Waals surface area contributed by atoms with E-state index in [0.717, 1.165) is 11.6 Å². The van der Waals surface area contributed by atoms with Crippen LogP contribution in [0.15, 0.2) is 48.5 Å². The van der Waals surface area contributed by atoms with Gasteiger partial charge in [0.05, 0.1) is 0 Å². The van der Waals surface area contributed by atoms with Gasteiger partial charge < -0.3 is 14.6 Å². The zero-order chi connectivity index (χ0) is 16.8. The molecule has 0 amide bonds. The van der Waals surface area contributed by atoms with E-state index in [9.17, 15) is 9.18 Å². The fraction of sp³-hybridized carbons (Fsp3) is 0.167. The minimum absolute atomic E-state index is 0.00762. The molecule has 2 rings (SSSR count). The van der Waals surface area contributed by atoms with Gasteiger partial charge in [0.25, 0.3) is 0 Å². The van der Waals surface area contributed by atoms with Crippen LogP contribution in [0.1, 0.15) is 16.7 Å². The number of ether oxygens (including phenoxy) is 2. The van der Waals surface area contributed by atoms with Gasteiger partial charge in [-0.1, -0.05) is 29.8 Å². The topological polar surface area (TPSA) is 55.8 Å². The molecule has 0 aliphatic rings. The number of benzene rings is 2. The Kier molecular flexibility index (Phi) is 5.49. The number of aliphatic carboxylic acids is 1. The standard InChI is InChI=1S/C18H17FO4/c1-12-7-8-17(23-11-22-2)15(9-12)14(10-18(20)21)13-5-3-4-6-16(13)19/h3-10H,11H2,1-2H3,(H,20,21)/b14-10+. The van der Waals surface area contributed by atoms with Crippen LogP contribution in [-0.2, 0) is 9.53 Å². The van der Waals surface area contributed by atoms with Crippen LogP contribution in [0.2, 0.25) is 0 Å². The van der Waals surface area contributed by atoms with E-state index in [1.807, 2.05) is 13.0 Å². The minimum atomic E-state index is -1.16. The normalized spacial score (nSPS) is 11.3. The highest BCUT2D eigenvalue weighted by Crippen LogP contribution is 2.33. The van der Waals surface area contributed by atoms with Crippen molar-refractivity contribution < 1.29 is 23.8 Å². The van der Waals surface area contributed by atoms with Gasteiger partial charge in [-0.25, -0.2) is 9.18 Å². The minimum Gasteiger partial charge on any atom is -0.478 e. The number of carbonyl (C=O) groups is 1. The Balaban J connectivity index is 2.63. The highest BCUT2D eigenvalue weighted by atomic mass is 19.1. The van der Waals surface area contributed by atoms with Crippen LogP contribution in [0.3, 0.4) is 0 Å². The van der Waals surface area contributed by atoms with E-state index in [2.05, 4.69) is 0 Å². The molecule has 0 spiro atoms. The van der Waals surface area contributed by atoms with Gasteiger partial charge in [0.15, 0.2) is 6.79 Å². The number of hydrogen-bond donors (Lipinski definition) is 1. The highest BCUT2D eigenvalue weighted by molar-refractivity contribution is 5.96. The lowest BCUT2D eigenvalue weighted by Gasteiger charge is -2.15. The van der Waals surface area contributed by atoms with E-state index >= 15 is 0 Å². The van der Waals surface area contributed by atoms with E-state index in [0.29, 0.717) is 11.3 Å². The first-order valence-electron chi connectivity index (χ1n) is 6.95. The summed E-state index contributed by atoms with van der Waals surface area (Å²) in [6.45, 7) is 1.87. The molecule has 5 heteroatoms. The fourth-order valence-corrected chi connectivity index (χ4v) is 2.21. The van der Waals surface area contributed by atoms with Gasteiger partial charge in [0.2, 0.25) is 0 Å². The summed E-state index contributed by atoms with van der Waals surface area (Å²) < 4.78 is 24.5. The van der Waals surface area contributed by atoms with E-state index in [-0.39, 0.29) is 17.9 Å². The number of hydrogen-bond acceptors (Lipinski definition) is 3. The Hall–Kier alpha value is -2.66. The number of methoxy groups -OCH3 is 1. The van der Waals surface area contributed by atoms with Gasteiger partial charge >= 0.3 is 5.97 Å². The van der Waals surface area contributed by atoms with Crippen molar-refractivity contribution in [3.63, 3.8) is 0 Å². The van der Waals surface area contributed by atoms with Crippen molar-refractivity contribution in [1.29, 1.82) is 0 Å². The maximum Gasteiger partial charge on any atom is 0.328 e. The first-order chi connectivity index (χ1) is 11.0. The van der Waals surface area contributed by atoms with Crippen molar-refractivity contribution >= 4 is 11.5 Å². The second kappa shape index (κ2) is 7.56. The lowest BCUT2D eigenvalue weighted by Crippen LogP contribution is -2.04. The third-order valence-electron chi connectivity index (χ3n) is 3.19. The molecule has 2 aromatic rings. The molecule has 0 heterocycles. The number of rotatable bonds is 6. The Morgan fingerprint density at radius 3 is 2.61 bits per heavy atom. The largest absolute Gasteiger partial charge is 0.478 e. The molecule has 0 saturated carbocycles. The van der Waals surface area contributed by atoms with Crippen molar-refractivity contribution in [1.82, 2.24) is 0 Å². The molecule has 0 fully saturated rings. The third-order valence-corrected chi connectivity index (χ3v) is 3.19. The molecule has 0 saturated heterocycles. The lowest BCUT2D eigenvalue weighted by atomic mass is 9.95. The first kappa shape index (κ1) is 16.7. The lowest BCUT2D eigenvalue weighted by molar-refractivity contribution is -0.131. The average molecular weight is 316 g/mol. The molecule has 23 heavy (non-hydrogen) atoms. The molecule has 120 valence electrons. The maximum atomic E-state index is 14.2. The average Bonchev–Trinajstić information content (AvgIpc) is 2.52. The first-order valence-corrected chi connectivity index (χ1v) is 6.95. The van der Waals surface area contributed by atoms with E-state index < -0.39 is 11.8 Å². The number of carboxylic acid groups (broad SMARTS) is 1. The summed E-state index contributed by atoms with van der Waals surface area (Å²) in [6.07, 6.45) is 0.979. The summed E-state index contributed by atoms with van der Waals surface area (Å²) >= 11 is 0. The Labute approximate surface area is 133 Å². The van der Waals surface area contributed by atoms with Gasteiger partial charge in [-0.05, 0) is 25.1 Å². The molecule has 0 atom stereocenters. The predicted molar refractivity (Wildman–Crippen MR) is 84.8 cm³/mol. The third kappa shape index (κ3) is 4.17. The molecule has 0 unspecified atom stereocenters. The highest BCUT2D eigenvalue weighted by Gasteiger charge is 2.16. The Morgan fingerprint density at radius 1 is 1.22 bits per heavy atom. The summed E-state index contributed by atoms with van der Waals surface area (Å²) in [5, 5.41) is 9.17. The molecular weight excluding hydrogens is 299 g/mol. The van der Waals surface area contributed by atoms with Gasteiger partial charge in [-0.2, -0.15) is 0 Å². The quantitative estimate of drug-likeness (QED) is 0.653. The molecule has 0 radical (unpaired) electrons. The molecule has 2 aromatic carbocycles. The van der Waals surface area contributed by atoms with Crippen LogP contribution in [0, 0.1) is 12.7 Å². The molecule has 0 aromatic heterocycles. The van der Waals surface area contributed by atoms with Crippen molar-refractivity contribution in [3.05, 3.63) is 71.0 Å². The molecular formula is C18H17FO4. The zero-order valence-electron chi connectivity index (χ0n) is 12.9. The van der Waals surface area contributed by atoms with Crippen LogP contribution in [0.4, 0.5) is 4.39 Å². The summed E-state index contributed by atoms with van der Waals surface area (Å²) in [4.78, 5) is 11.2. The van der Waals surface area contributed by atoms with Gasteiger partial charge in [0.1, 0.15) is 11.6 Å². The molecule has 0 bridgehead atoms. The molecule has 0 aliphatic carbocycles. The zero-order valence-corrected chi connectivity index (χ0v) is 12.9.